The number of nitrogens with one attached hydrogen (secondary N) is 1. The van der Waals surface area contributed by atoms with Crippen LogP contribution in [0.4, 0.5) is 0 Å². The van der Waals surface area contributed by atoms with Gasteiger partial charge in [0, 0.05) is 12.7 Å². The highest BCUT2D eigenvalue weighted by Gasteiger charge is 2.41. The first-order chi connectivity index (χ1) is 15.2. The zero-order chi connectivity index (χ0) is 23.4. The second kappa shape index (κ2) is 9.18. The van der Waals surface area contributed by atoms with E-state index in [1.807, 2.05) is 0 Å². The van der Waals surface area contributed by atoms with Gasteiger partial charge in [-0.15, -0.1) is 10.1 Å². The average molecular weight is 459 g/mol. The summed E-state index contributed by atoms with van der Waals surface area (Å²) in [6.07, 6.45) is 1.73. The normalized spacial score (nSPS) is 13.2. The lowest BCUT2D eigenvalue weighted by Gasteiger charge is -2.29. The molecular formula is C21H21N3O7S. The number of ether oxygens (including phenoxy) is 1. The maximum absolute atomic E-state index is 11.7. The molecule has 10 nitrogen and oxygen atoms in total. The van der Waals surface area contributed by atoms with Crippen molar-refractivity contribution in [3.05, 3.63) is 76.0 Å². The first-order valence-corrected chi connectivity index (χ1v) is 11.4. The highest BCUT2D eigenvalue weighted by atomic mass is 32.2. The van der Waals surface area contributed by atoms with Crippen LogP contribution in [0.1, 0.15) is 24.1 Å². The van der Waals surface area contributed by atoms with Crippen molar-refractivity contribution in [2.45, 2.75) is 23.3 Å². The predicted octanol–water partition coefficient (Wildman–Crippen LogP) is 2.92. The maximum atomic E-state index is 11.7. The number of H-pyrrole nitrogens is 1. The summed E-state index contributed by atoms with van der Waals surface area (Å²) in [5.74, 6) is 0.549. The Morgan fingerprint density at radius 1 is 1.16 bits per heavy atom. The van der Waals surface area contributed by atoms with Crippen molar-refractivity contribution in [1.29, 1.82) is 0 Å². The Morgan fingerprint density at radius 2 is 1.81 bits per heavy atom. The van der Waals surface area contributed by atoms with Crippen molar-refractivity contribution < 1.29 is 27.9 Å². The summed E-state index contributed by atoms with van der Waals surface area (Å²) in [6.45, 7) is 0. The van der Waals surface area contributed by atoms with Crippen LogP contribution in [0.2, 0.25) is 0 Å². The summed E-state index contributed by atoms with van der Waals surface area (Å²) >= 11 is 0. The van der Waals surface area contributed by atoms with Crippen molar-refractivity contribution in [2.24, 2.45) is 0 Å². The van der Waals surface area contributed by atoms with Gasteiger partial charge in [-0.2, -0.15) is 5.10 Å². The van der Waals surface area contributed by atoms with E-state index in [1.54, 1.807) is 42.5 Å². The molecule has 0 saturated heterocycles. The lowest BCUT2D eigenvalue weighted by atomic mass is 9.85. The maximum Gasteiger partial charge on any atom is 0.295 e. The quantitative estimate of drug-likeness (QED) is 0.277. The van der Waals surface area contributed by atoms with Gasteiger partial charge < -0.3 is 9.53 Å². The van der Waals surface area contributed by atoms with E-state index in [9.17, 15) is 23.3 Å². The van der Waals surface area contributed by atoms with Gasteiger partial charge in [-0.1, -0.05) is 24.3 Å². The van der Waals surface area contributed by atoms with Crippen LogP contribution in [0.25, 0.3) is 11.3 Å². The molecule has 1 unspecified atom stereocenters. The van der Waals surface area contributed by atoms with Crippen LogP contribution < -0.4 is 4.74 Å². The van der Waals surface area contributed by atoms with Gasteiger partial charge in [0.2, 0.25) is 0 Å². The molecule has 3 aromatic rings. The number of aldehydes is 1. The van der Waals surface area contributed by atoms with E-state index in [0.29, 0.717) is 28.9 Å². The number of sulfone groups is 1. The molecule has 168 valence electrons. The lowest BCUT2D eigenvalue weighted by molar-refractivity contribution is -0.781. The minimum atomic E-state index is -3.35. The second-order valence-corrected chi connectivity index (χ2v) is 9.05. The molecule has 0 aliphatic heterocycles. The van der Waals surface area contributed by atoms with Crippen LogP contribution in [-0.2, 0) is 25.1 Å². The summed E-state index contributed by atoms with van der Waals surface area (Å²) in [5.41, 5.74) is 0.0935. The fourth-order valence-electron chi connectivity index (χ4n) is 3.37. The van der Waals surface area contributed by atoms with Crippen LogP contribution in [0.3, 0.4) is 0 Å². The SMILES string of the molecule is COc1ccc(C(CCC=O)(O[N+](=O)[O-])c2cc(-c3ccc(S(C)(=O)=O)cc3)[nH]n2)cc1. The summed E-state index contributed by atoms with van der Waals surface area (Å²) in [6, 6.07) is 14.2. The molecule has 2 aromatic carbocycles. The highest BCUT2D eigenvalue weighted by molar-refractivity contribution is 7.90. The number of carbonyl (C=O) groups excluding carboxylic acids is 1. The summed E-state index contributed by atoms with van der Waals surface area (Å²) in [7, 11) is -1.85. The first kappa shape index (κ1) is 22.9. The zero-order valence-electron chi connectivity index (χ0n) is 17.3. The van der Waals surface area contributed by atoms with Gasteiger partial charge in [0.15, 0.2) is 15.4 Å². The summed E-state index contributed by atoms with van der Waals surface area (Å²) in [5, 5.41) is 17.6. The summed E-state index contributed by atoms with van der Waals surface area (Å²) < 4.78 is 28.5. The van der Waals surface area contributed by atoms with Gasteiger partial charge in [-0.05, 0) is 47.9 Å². The van der Waals surface area contributed by atoms with E-state index >= 15 is 0 Å². The fraction of sp³-hybridized carbons (Fsp3) is 0.238. The smallest absolute Gasteiger partial charge is 0.295 e. The Hall–Kier alpha value is -3.73. The molecule has 0 aliphatic rings. The fourth-order valence-corrected chi connectivity index (χ4v) is 4.00. The molecule has 0 saturated carbocycles. The minimum Gasteiger partial charge on any atom is -0.497 e. The highest BCUT2D eigenvalue weighted by Crippen LogP contribution is 2.39. The van der Waals surface area contributed by atoms with Crippen LogP contribution in [0, 0.1) is 10.1 Å². The van der Waals surface area contributed by atoms with Gasteiger partial charge in [0.1, 0.15) is 12.0 Å². The van der Waals surface area contributed by atoms with Crippen molar-refractivity contribution in [3.8, 4) is 17.0 Å². The topological polar surface area (TPSA) is 141 Å². The number of hydrogen-bond donors (Lipinski definition) is 1. The van der Waals surface area contributed by atoms with Gasteiger partial charge in [0.25, 0.3) is 5.09 Å². The molecule has 1 N–H and O–H groups in total. The number of rotatable bonds is 10. The molecule has 1 aromatic heterocycles. The monoisotopic (exact) mass is 459 g/mol. The van der Waals surface area contributed by atoms with Crippen molar-refractivity contribution in [2.75, 3.05) is 13.4 Å². The Labute approximate surface area is 184 Å². The van der Waals surface area contributed by atoms with E-state index < -0.39 is 20.5 Å². The number of benzene rings is 2. The Kier molecular flexibility index (Phi) is 6.58. The van der Waals surface area contributed by atoms with Crippen molar-refractivity contribution in [3.63, 3.8) is 0 Å². The van der Waals surface area contributed by atoms with Crippen molar-refractivity contribution in [1.82, 2.24) is 10.2 Å². The van der Waals surface area contributed by atoms with Crippen LogP contribution in [0.5, 0.6) is 5.75 Å². The Balaban J connectivity index is 2.09. The predicted molar refractivity (Wildman–Crippen MR) is 114 cm³/mol. The number of hydrogen-bond acceptors (Lipinski definition) is 8. The number of nitrogens with zero attached hydrogens (tertiary/aromatic N) is 2. The van der Waals surface area contributed by atoms with Gasteiger partial charge in [-0.3, -0.25) is 9.94 Å². The van der Waals surface area contributed by atoms with E-state index in [1.165, 1.54) is 19.2 Å². The molecule has 11 heteroatoms. The largest absolute Gasteiger partial charge is 0.497 e. The Bertz CT molecular complexity index is 1200. The molecule has 1 heterocycles. The van der Waals surface area contributed by atoms with E-state index in [-0.39, 0.29) is 23.4 Å². The average Bonchev–Trinajstić information content (AvgIpc) is 3.27. The number of aromatic amines is 1. The zero-order valence-corrected chi connectivity index (χ0v) is 18.2. The molecule has 0 fully saturated rings. The number of carbonyl (C=O) groups is 1. The number of methoxy groups -OCH3 is 1. The molecule has 3 rings (SSSR count). The molecule has 0 spiro atoms. The van der Waals surface area contributed by atoms with Crippen LogP contribution >= 0.6 is 0 Å². The van der Waals surface area contributed by atoms with Gasteiger partial charge in [-0.25, -0.2) is 8.42 Å². The van der Waals surface area contributed by atoms with Gasteiger partial charge in [0.05, 0.1) is 23.4 Å². The van der Waals surface area contributed by atoms with Crippen LogP contribution in [-0.4, -0.2) is 43.4 Å². The first-order valence-electron chi connectivity index (χ1n) is 9.47. The minimum absolute atomic E-state index is 0.00881. The number of aromatic nitrogens is 2. The standard InChI is InChI=1S/C21H21N3O7S/c1-30-17-8-6-16(7-9-17)21(12-3-13-25,31-24(26)27)20-14-19(22-23-20)15-4-10-18(11-5-15)32(2,28)29/h4-11,13-14H,3,12H2,1-2H3,(H,22,23). The molecule has 0 radical (unpaired) electrons. The molecular weight excluding hydrogens is 438 g/mol. The molecule has 0 aliphatic carbocycles. The molecule has 32 heavy (non-hydrogen) atoms. The molecule has 0 bridgehead atoms. The Morgan fingerprint density at radius 3 is 2.34 bits per heavy atom. The van der Waals surface area contributed by atoms with Crippen LogP contribution in [0.15, 0.2) is 59.5 Å². The third kappa shape index (κ3) is 4.78. The summed E-state index contributed by atoms with van der Waals surface area (Å²) in [4.78, 5) is 27.9. The third-order valence-corrected chi connectivity index (χ3v) is 6.11. The van der Waals surface area contributed by atoms with Crippen molar-refractivity contribution >= 4 is 16.1 Å². The molecule has 0 amide bonds. The second-order valence-electron chi connectivity index (χ2n) is 7.04. The molecule has 1 atom stereocenters. The van der Waals surface area contributed by atoms with E-state index in [0.717, 1.165) is 6.26 Å². The lowest BCUT2D eigenvalue weighted by Crippen LogP contribution is -2.34. The van der Waals surface area contributed by atoms with Gasteiger partial charge >= 0.3 is 0 Å². The van der Waals surface area contributed by atoms with E-state index in [2.05, 4.69) is 10.2 Å². The third-order valence-electron chi connectivity index (χ3n) is 4.99. The van der Waals surface area contributed by atoms with E-state index in [4.69, 9.17) is 9.57 Å².